The molecule has 2 nitrogen and oxygen atoms in total. The lowest BCUT2D eigenvalue weighted by Gasteiger charge is -2.04. The van der Waals surface area contributed by atoms with Gasteiger partial charge in [0.05, 0.1) is 6.07 Å². The second-order valence-electron chi connectivity index (χ2n) is 6.12. The molecule has 0 atom stereocenters. The van der Waals surface area contributed by atoms with E-state index in [1.807, 2.05) is 0 Å². The van der Waals surface area contributed by atoms with E-state index in [1.165, 1.54) is 77.0 Å². The van der Waals surface area contributed by atoms with Crippen molar-refractivity contribution in [3.8, 4) is 6.07 Å². The van der Waals surface area contributed by atoms with Gasteiger partial charge in [0.25, 0.3) is 0 Å². The Morgan fingerprint density at radius 3 is 1.52 bits per heavy atom. The van der Waals surface area contributed by atoms with E-state index in [2.05, 4.69) is 13.0 Å². The number of unbranched alkanes of at least 4 members (excludes halogenated alkanes) is 13. The number of hydrogen-bond donors (Lipinski definition) is 0. The summed E-state index contributed by atoms with van der Waals surface area (Å²) in [7, 11) is 0. The fraction of sp³-hybridized carbons (Fsp3) is 0.947. The topological polar surface area (TPSA) is 33.0 Å². The molecule has 0 N–H and O–H groups in total. The van der Waals surface area contributed by atoms with E-state index in [9.17, 15) is 0 Å². The summed E-state index contributed by atoms with van der Waals surface area (Å²) in [5.41, 5.74) is 0. The van der Waals surface area contributed by atoms with E-state index < -0.39 is 0 Å². The van der Waals surface area contributed by atoms with Crippen LogP contribution in [0.4, 0.5) is 0 Å². The highest BCUT2D eigenvalue weighted by Crippen LogP contribution is 2.11. The zero-order valence-electron chi connectivity index (χ0n) is 14.4. The van der Waals surface area contributed by atoms with Crippen LogP contribution in [0.5, 0.6) is 0 Å². The molecule has 2 heteroatoms. The van der Waals surface area contributed by atoms with Gasteiger partial charge in [-0.25, -0.2) is 0 Å². The van der Waals surface area contributed by atoms with Gasteiger partial charge < -0.3 is 4.74 Å². The molecule has 0 rings (SSSR count). The zero-order chi connectivity index (χ0) is 15.4. The van der Waals surface area contributed by atoms with Gasteiger partial charge in [-0.2, -0.15) is 5.26 Å². The molecule has 0 saturated carbocycles. The van der Waals surface area contributed by atoms with E-state index in [-0.39, 0.29) is 0 Å². The van der Waals surface area contributed by atoms with Gasteiger partial charge >= 0.3 is 0 Å². The number of ether oxygens (including phenoxy) is 1. The van der Waals surface area contributed by atoms with Crippen molar-refractivity contribution in [3.05, 3.63) is 0 Å². The van der Waals surface area contributed by atoms with Crippen LogP contribution in [-0.4, -0.2) is 13.2 Å². The molecule has 0 heterocycles. The first-order chi connectivity index (χ1) is 10.4. The van der Waals surface area contributed by atoms with E-state index in [0.717, 1.165) is 26.1 Å². The minimum atomic E-state index is 0.669. The van der Waals surface area contributed by atoms with Crippen molar-refractivity contribution in [2.75, 3.05) is 13.2 Å². The fourth-order valence-electron chi connectivity index (χ4n) is 2.56. The maximum atomic E-state index is 8.40. The molecule has 0 aliphatic carbocycles. The van der Waals surface area contributed by atoms with Crippen molar-refractivity contribution in [2.45, 2.75) is 103 Å². The Balaban J connectivity index is 2.92. The second kappa shape index (κ2) is 19.4. The molecule has 0 fully saturated rings. The average molecular weight is 296 g/mol. The lowest BCUT2D eigenvalue weighted by Crippen LogP contribution is -1.97. The first-order valence-corrected chi connectivity index (χ1v) is 9.36. The van der Waals surface area contributed by atoms with E-state index in [1.54, 1.807) is 0 Å². The highest BCUT2D eigenvalue weighted by atomic mass is 16.5. The molecule has 0 aliphatic rings. The summed E-state index contributed by atoms with van der Waals surface area (Å²) in [6, 6.07) is 2.16. The summed E-state index contributed by atoms with van der Waals surface area (Å²) < 4.78 is 5.56. The van der Waals surface area contributed by atoms with Crippen molar-refractivity contribution in [3.63, 3.8) is 0 Å². The van der Waals surface area contributed by atoms with Crippen molar-refractivity contribution in [1.82, 2.24) is 0 Å². The lowest BCUT2D eigenvalue weighted by molar-refractivity contribution is 0.126. The molecular weight excluding hydrogens is 258 g/mol. The van der Waals surface area contributed by atoms with Crippen molar-refractivity contribution >= 4 is 0 Å². The highest BCUT2D eigenvalue weighted by Gasteiger charge is 1.94. The summed E-state index contributed by atoms with van der Waals surface area (Å²) in [4.78, 5) is 0. The molecule has 0 unspecified atom stereocenters. The largest absolute Gasteiger partial charge is 0.381 e. The van der Waals surface area contributed by atoms with Gasteiger partial charge in [-0.1, -0.05) is 77.6 Å². The predicted octanol–water partition coefficient (Wildman–Crippen LogP) is 6.40. The third kappa shape index (κ3) is 19.4. The van der Waals surface area contributed by atoms with Gasteiger partial charge in [0.15, 0.2) is 0 Å². The number of nitrogens with zero attached hydrogens (tertiary/aromatic N) is 1. The van der Waals surface area contributed by atoms with Gasteiger partial charge in [-0.3, -0.25) is 0 Å². The maximum Gasteiger partial charge on any atom is 0.0621 e. The monoisotopic (exact) mass is 295 g/mol. The second-order valence-corrected chi connectivity index (χ2v) is 6.12. The molecule has 0 spiro atoms. The molecule has 21 heavy (non-hydrogen) atoms. The summed E-state index contributed by atoms with van der Waals surface area (Å²) in [5, 5.41) is 8.40. The average Bonchev–Trinajstić information content (AvgIpc) is 2.50. The van der Waals surface area contributed by atoms with Gasteiger partial charge in [-0.05, 0) is 19.3 Å². The first kappa shape index (κ1) is 20.5. The maximum absolute atomic E-state index is 8.40. The highest BCUT2D eigenvalue weighted by molar-refractivity contribution is 4.67. The Kier molecular flexibility index (Phi) is 18.9. The summed E-state index contributed by atoms with van der Waals surface area (Å²) >= 11 is 0. The van der Waals surface area contributed by atoms with Crippen LogP contribution in [0.1, 0.15) is 103 Å². The first-order valence-electron chi connectivity index (χ1n) is 9.36. The molecule has 0 radical (unpaired) electrons. The minimum absolute atomic E-state index is 0.669. The number of hydrogen-bond acceptors (Lipinski definition) is 2. The Morgan fingerprint density at radius 1 is 0.619 bits per heavy atom. The van der Waals surface area contributed by atoms with Gasteiger partial charge in [0.2, 0.25) is 0 Å². The molecule has 0 aromatic heterocycles. The van der Waals surface area contributed by atoms with Crippen molar-refractivity contribution in [2.24, 2.45) is 0 Å². The summed E-state index contributed by atoms with van der Waals surface area (Å²) in [6.07, 6.45) is 19.4. The van der Waals surface area contributed by atoms with Crippen LogP contribution >= 0.6 is 0 Å². The Hall–Kier alpha value is -0.550. The van der Waals surface area contributed by atoms with Crippen molar-refractivity contribution in [1.29, 1.82) is 5.26 Å². The van der Waals surface area contributed by atoms with Gasteiger partial charge in [0.1, 0.15) is 0 Å². The molecule has 0 amide bonds. The molecule has 124 valence electrons. The van der Waals surface area contributed by atoms with Crippen LogP contribution < -0.4 is 0 Å². The summed E-state index contributed by atoms with van der Waals surface area (Å²) in [6.45, 7) is 4.02. The molecule has 0 aromatic carbocycles. The molecule has 0 saturated heterocycles. The normalized spacial score (nSPS) is 10.7. The van der Waals surface area contributed by atoms with Crippen LogP contribution in [0.3, 0.4) is 0 Å². The number of rotatable bonds is 17. The fourth-order valence-corrected chi connectivity index (χ4v) is 2.56. The Morgan fingerprint density at radius 2 is 1.05 bits per heavy atom. The zero-order valence-corrected chi connectivity index (χ0v) is 14.4. The van der Waals surface area contributed by atoms with E-state index >= 15 is 0 Å². The SMILES string of the molecule is CCCCCCCCCCCCCCOCCCCC#N. The predicted molar refractivity (Wildman–Crippen MR) is 91.4 cm³/mol. The third-order valence-electron chi connectivity index (χ3n) is 3.97. The Labute approximate surface area is 133 Å². The Bertz CT molecular complexity index is 222. The van der Waals surface area contributed by atoms with Gasteiger partial charge in [-0.15, -0.1) is 0 Å². The van der Waals surface area contributed by atoms with Gasteiger partial charge in [0, 0.05) is 19.6 Å². The van der Waals surface area contributed by atoms with Crippen LogP contribution in [0.25, 0.3) is 0 Å². The molecule has 0 aliphatic heterocycles. The minimum Gasteiger partial charge on any atom is -0.381 e. The quantitative estimate of drug-likeness (QED) is 0.291. The van der Waals surface area contributed by atoms with Crippen LogP contribution in [0.15, 0.2) is 0 Å². The van der Waals surface area contributed by atoms with Crippen LogP contribution in [-0.2, 0) is 4.74 Å². The molecule has 0 aromatic rings. The summed E-state index contributed by atoms with van der Waals surface area (Å²) in [5.74, 6) is 0. The standard InChI is InChI=1S/C19H37NO/c1-2-3-4-5-6-7-8-9-10-11-12-15-18-21-19-16-13-14-17-20/h2-16,18-19H2,1H3. The van der Waals surface area contributed by atoms with E-state index in [4.69, 9.17) is 10.00 Å². The molecule has 0 bridgehead atoms. The lowest BCUT2D eigenvalue weighted by atomic mass is 10.1. The number of nitriles is 1. The third-order valence-corrected chi connectivity index (χ3v) is 3.97. The molecular formula is C19H37NO. The van der Waals surface area contributed by atoms with Crippen LogP contribution in [0.2, 0.25) is 0 Å². The van der Waals surface area contributed by atoms with E-state index in [0.29, 0.717) is 6.42 Å². The van der Waals surface area contributed by atoms with Crippen molar-refractivity contribution < 1.29 is 4.74 Å². The smallest absolute Gasteiger partial charge is 0.0621 e. The van der Waals surface area contributed by atoms with Crippen LogP contribution in [0, 0.1) is 11.3 Å².